The highest BCUT2D eigenvalue weighted by Gasteiger charge is 2.28. The third-order valence-corrected chi connectivity index (χ3v) is 5.24. The van der Waals surface area contributed by atoms with E-state index in [2.05, 4.69) is 22.3 Å². The van der Waals surface area contributed by atoms with Crippen LogP contribution in [0.1, 0.15) is 17.4 Å². The van der Waals surface area contributed by atoms with E-state index in [1.807, 2.05) is 36.4 Å². The van der Waals surface area contributed by atoms with Gasteiger partial charge in [-0.2, -0.15) is 0 Å². The van der Waals surface area contributed by atoms with Gasteiger partial charge in [-0.15, -0.1) is 0 Å². The Morgan fingerprint density at radius 3 is 2.55 bits per heavy atom. The molecule has 0 saturated heterocycles. The van der Waals surface area contributed by atoms with Crippen LogP contribution in [-0.2, 0) is 11.3 Å². The fraction of sp³-hybridized carbons (Fsp3) is 0.182. The summed E-state index contributed by atoms with van der Waals surface area (Å²) in [5, 5.41) is 15.0. The molecule has 1 atom stereocenters. The van der Waals surface area contributed by atoms with Crippen LogP contribution in [0.3, 0.4) is 0 Å². The standard InChI is InChI=1S/C22H20ClN3O3/c23-19-6-2-3-7-20(19)24-13-14-25-21-8-4-1-5-17(21)15-29-22(25)16-9-11-18(12-10-16)26(27)28/h1-12,22,24H,13-15H2. The largest absolute Gasteiger partial charge is 0.382 e. The van der Waals surface area contributed by atoms with Gasteiger partial charge in [-0.3, -0.25) is 10.1 Å². The van der Waals surface area contributed by atoms with Crippen molar-refractivity contribution in [2.24, 2.45) is 0 Å². The lowest BCUT2D eigenvalue weighted by atomic mass is 10.1. The highest BCUT2D eigenvalue weighted by molar-refractivity contribution is 6.33. The van der Waals surface area contributed by atoms with Gasteiger partial charge in [0.1, 0.15) is 0 Å². The van der Waals surface area contributed by atoms with Crippen LogP contribution in [0.25, 0.3) is 0 Å². The average molecular weight is 410 g/mol. The van der Waals surface area contributed by atoms with Crippen molar-refractivity contribution in [1.29, 1.82) is 0 Å². The fourth-order valence-electron chi connectivity index (χ4n) is 3.49. The number of rotatable bonds is 6. The van der Waals surface area contributed by atoms with Crippen LogP contribution in [0.5, 0.6) is 0 Å². The van der Waals surface area contributed by atoms with Crippen molar-refractivity contribution in [3.05, 3.63) is 99.1 Å². The van der Waals surface area contributed by atoms with E-state index >= 15 is 0 Å². The molecule has 0 amide bonds. The molecule has 29 heavy (non-hydrogen) atoms. The number of para-hydroxylation sites is 2. The predicted molar refractivity (Wildman–Crippen MR) is 114 cm³/mol. The molecule has 1 heterocycles. The Balaban J connectivity index is 1.57. The zero-order valence-electron chi connectivity index (χ0n) is 15.6. The minimum Gasteiger partial charge on any atom is -0.382 e. The first kappa shape index (κ1) is 19.2. The number of nitrogens with one attached hydrogen (secondary N) is 1. The van der Waals surface area contributed by atoms with Crippen LogP contribution in [0.15, 0.2) is 72.8 Å². The maximum Gasteiger partial charge on any atom is 0.269 e. The van der Waals surface area contributed by atoms with Crippen molar-refractivity contribution < 1.29 is 9.66 Å². The van der Waals surface area contributed by atoms with Crippen molar-refractivity contribution in [2.75, 3.05) is 23.3 Å². The molecule has 0 radical (unpaired) electrons. The predicted octanol–water partition coefficient (Wildman–Crippen LogP) is 5.40. The average Bonchev–Trinajstić information content (AvgIpc) is 2.75. The Morgan fingerprint density at radius 1 is 1.07 bits per heavy atom. The first-order valence-corrected chi connectivity index (χ1v) is 9.70. The van der Waals surface area contributed by atoms with Gasteiger partial charge in [0.05, 0.1) is 22.2 Å². The minimum absolute atomic E-state index is 0.0666. The summed E-state index contributed by atoms with van der Waals surface area (Å²) in [4.78, 5) is 12.7. The van der Waals surface area contributed by atoms with Gasteiger partial charge in [-0.05, 0) is 30.3 Å². The van der Waals surface area contributed by atoms with Gasteiger partial charge in [0.25, 0.3) is 5.69 Å². The highest BCUT2D eigenvalue weighted by atomic mass is 35.5. The van der Waals surface area contributed by atoms with Crippen LogP contribution in [-0.4, -0.2) is 18.0 Å². The molecule has 7 heteroatoms. The molecule has 1 N–H and O–H groups in total. The molecule has 148 valence electrons. The van der Waals surface area contributed by atoms with Crippen molar-refractivity contribution >= 4 is 28.7 Å². The first-order valence-electron chi connectivity index (χ1n) is 9.32. The van der Waals surface area contributed by atoms with Crippen LogP contribution >= 0.6 is 11.6 Å². The van der Waals surface area contributed by atoms with Gasteiger partial charge in [-0.1, -0.05) is 41.9 Å². The number of fused-ring (bicyclic) bond motifs is 1. The molecule has 0 aliphatic carbocycles. The van der Waals surface area contributed by atoms with Gasteiger partial charge < -0.3 is 15.0 Å². The SMILES string of the molecule is O=[N+]([O-])c1ccc(C2OCc3ccccc3N2CCNc2ccccc2Cl)cc1. The quantitative estimate of drug-likeness (QED) is 0.436. The number of halogens is 1. The smallest absolute Gasteiger partial charge is 0.269 e. The summed E-state index contributed by atoms with van der Waals surface area (Å²) < 4.78 is 6.13. The van der Waals surface area contributed by atoms with Crippen LogP contribution in [0.2, 0.25) is 5.02 Å². The van der Waals surface area contributed by atoms with Gasteiger partial charge in [0.2, 0.25) is 0 Å². The van der Waals surface area contributed by atoms with E-state index in [4.69, 9.17) is 16.3 Å². The summed E-state index contributed by atoms with van der Waals surface area (Å²) in [5.41, 5.74) is 4.04. The zero-order valence-corrected chi connectivity index (χ0v) is 16.4. The van der Waals surface area contributed by atoms with Crippen molar-refractivity contribution in [2.45, 2.75) is 12.8 Å². The van der Waals surface area contributed by atoms with Crippen molar-refractivity contribution in [1.82, 2.24) is 0 Å². The number of anilines is 2. The molecule has 1 aliphatic rings. The van der Waals surface area contributed by atoms with Crippen molar-refractivity contribution in [3.63, 3.8) is 0 Å². The third-order valence-electron chi connectivity index (χ3n) is 4.91. The maximum atomic E-state index is 11.0. The molecule has 0 saturated carbocycles. The van der Waals surface area contributed by atoms with E-state index in [0.717, 1.165) is 22.5 Å². The number of benzene rings is 3. The number of nitro groups is 1. The molecule has 0 aromatic heterocycles. The molecule has 0 fully saturated rings. The van der Waals surface area contributed by atoms with E-state index in [1.54, 1.807) is 12.1 Å². The summed E-state index contributed by atoms with van der Waals surface area (Å²) in [6.07, 6.45) is -0.321. The fourth-order valence-corrected chi connectivity index (χ4v) is 3.69. The topological polar surface area (TPSA) is 67.6 Å². The first-order chi connectivity index (χ1) is 14.1. The lowest BCUT2D eigenvalue weighted by Gasteiger charge is -2.39. The molecule has 6 nitrogen and oxygen atoms in total. The molecule has 3 aromatic rings. The number of hydrogen-bond acceptors (Lipinski definition) is 5. The van der Waals surface area contributed by atoms with Crippen LogP contribution in [0.4, 0.5) is 17.1 Å². The van der Waals surface area contributed by atoms with Gasteiger partial charge in [-0.25, -0.2) is 0 Å². The molecule has 3 aromatic carbocycles. The van der Waals surface area contributed by atoms with E-state index in [0.29, 0.717) is 24.7 Å². The van der Waals surface area contributed by atoms with Gasteiger partial charge in [0.15, 0.2) is 6.23 Å². The lowest BCUT2D eigenvalue weighted by molar-refractivity contribution is -0.384. The second kappa shape index (κ2) is 8.51. The number of nitro benzene ring substituents is 1. The molecule has 4 rings (SSSR count). The Hall–Kier alpha value is -3.09. The van der Waals surface area contributed by atoms with E-state index in [-0.39, 0.29) is 11.9 Å². The highest BCUT2D eigenvalue weighted by Crippen LogP contribution is 2.37. The summed E-state index contributed by atoms with van der Waals surface area (Å²) in [6, 6.07) is 22.3. The molecule has 0 spiro atoms. The Morgan fingerprint density at radius 2 is 1.79 bits per heavy atom. The van der Waals surface area contributed by atoms with Crippen molar-refractivity contribution in [3.8, 4) is 0 Å². The summed E-state index contributed by atoms with van der Waals surface area (Å²) >= 11 is 6.24. The normalized spacial score (nSPS) is 15.6. The summed E-state index contributed by atoms with van der Waals surface area (Å²) in [7, 11) is 0. The molecule has 1 aliphatic heterocycles. The lowest BCUT2D eigenvalue weighted by Crippen LogP contribution is -2.38. The van der Waals surface area contributed by atoms with E-state index in [1.165, 1.54) is 12.1 Å². The Labute approximate surface area is 173 Å². The second-order valence-corrected chi connectivity index (χ2v) is 7.15. The van der Waals surface area contributed by atoms with Crippen LogP contribution < -0.4 is 10.2 Å². The molecule has 0 bridgehead atoms. The molecular formula is C22H20ClN3O3. The minimum atomic E-state index is -0.397. The Bertz CT molecular complexity index is 1010. The van der Waals surface area contributed by atoms with Gasteiger partial charge >= 0.3 is 0 Å². The van der Waals surface area contributed by atoms with Crippen LogP contribution in [0, 0.1) is 10.1 Å². The maximum absolute atomic E-state index is 11.0. The summed E-state index contributed by atoms with van der Waals surface area (Å²) in [6.45, 7) is 1.82. The number of non-ortho nitro benzene ring substituents is 1. The zero-order chi connectivity index (χ0) is 20.2. The molecular weight excluding hydrogens is 390 g/mol. The van der Waals surface area contributed by atoms with E-state index in [9.17, 15) is 10.1 Å². The van der Waals surface area contributed by atoms with E-state index < -0.39 is 4.92 Å². The number of nitrogens with zero attached hydrogens (tertiary/aromatic N) is 2. The van der Waals surface area contributed by atoms with Gasteiger partial charge in [0, 0.05) is 42.0 Å². The Kier molecular flexibility index (Phi) is 5.64. The monoisotopic (exact) mass is 409 g/mol. The molecule has 1 unspecified atom stereocenters. The second-order valence-electron chi connectivity index (χ2n) is 6.74. The third kappa shape index (κ3) is 4.18. The number of ether oxygens (including phenoxy) is 1. The summed E-state index contributed by atoms with van der Waals surface area (Å²) in [5.74, 6) is 0. The number of hydrogen-bond donors (Lipinski definition) is 1.